The minimum absolute atomic E-state index is 0.0153. The van der Waals surface area contributed by atoms with Gasteiger partial charge in [0, 0.05) is 23.6 Å². The molecule has 0 saturated carbocycles. The Labute approximate surface area is 142 Å². The van der Waals surface area contributed by atoms with E-state index in [1.54, 1.807) is 18.2 Å². The van der Waals surface area contributed by atoms with E-state index >= 15 is 0 Å². The lowest BCUT2D eigenvalue weighted by molar-refractivity contribution is -0.120. The Hall–Kier alpha value is -1.30. The summed E-state index contributed by atoms with van der Waals surface area (Å²) < 4.78 is 11.0. The third-order valence-electron chi connectivity index (χ3n) is 3.88. The average Bonchev–Trinajstić information content (AvgIpc) is 2.53. The zero-order valence-corrected chi connectivity index (χ0v) is 14.5. The molecule has 0 bridgehead atoms. The van der Waals surface area contributed by atoms with E-state index in [1.807, 2.05) is 6.92 Å². The van der Waals surface area contributed by atoms with Gasteiger partial charge in [0.05, 0.1) is 12.3 Å². The Bertz CT molecular complexity index is 525. The van der Waals surface area contributed by atoms with Crippen LogP contribution in [0.4, 0.5) is 5.69 Å². The van der Waals surface area contributed by atoms with Gasteiger partial charge in [-0.3, -0.25) is 4.79 Å². The highest BCUT2D eigenvalue weighted by atomic mass is 35.5. The molecule has 0 unspecified atom stereocenters. The van der Waals surface area contributed by atoms with Gasteiger partial charge in [-0.25, -0.2) is 0 Å². The van der Waals surface area contributed by atoms with Crippen molar-refractivity contribution in [2.45, 2.75) is 32.7 Å². The van der Waals surface area contributed by atoms with Crippen LogP contribution in [-0.4, -0.2) is 38.3 Å². The number of piperidine rings is 1. The fraction of sp³-hybridized carbons (Fsp3) is 0.588. The fourth-order valence-electron chi connectivity index (χ4n) is 2.69. The van der Waals surface area contributed by atoms with Crippen molar-refractivity contribution in [1.29, 1.82) is 0 Å². The summed E-state index contributed by atoms with van der Waals surface area (Å²) in [5.41, 5.74) is 0.616. The van der Waals surface area contributed by atoms with E-state index in [2.05, 4.69) is 17.6 Å². The summed E-state index contributed by atoms with van der Waals surface area (Å²) in [6, 6.07) is 5.61. The largest absolute Gasteiger partial charge is 0.489 e. The molecule has 1 heterocycles. The van der Waals surface area contributed by atoms with Crippen molar-refractivity contribution >= 4 is 23.2 Å². The van der Waals surface area contributed by atoms with E-state index in [1.165, 1.54) is 0 Å². The normalized spacial score (nSPS) is 21.0. The van der Waals surface area contributed by atoms with Gasteiger partial charge in [-0.1, -0.05) is 11.6 Å². The summed E-state index contributed by atoms with van der Waals surface area (Å²) >= 11 is 6.05. The molecule has 6 heteroatoms. The summed E-state index contributed by atoms with van der Waals surface area (Å²) in [7, 11) is 0. The third-order valence-corrected chi connectivity index (χ3v) is 4.12. The maximum absolute atomic E-state index is 12.5. The first-order valence-electron chi connectivity index (χ1n) is 8.14. The molecule has 1 amide bonds. The summed E-state index contributed by atoms with van der Waals surface area (Å²) in [6.07, 6.45) is 1.68. The topological polar surface area (TPSA) is 59.6 Å². The predicted octanol–water partition coefficient (Wildman–Crippen LogP) is 3.08. The van der Waals surface area contributed by atoms with E-state index in [0.717, 1.165) is 19.4 Å². The minimum atomic E-state index is 0.0153. The van der Waals surface area contributed by atoms with Crippen LogP contribution in [0.2, 0.25) is 5.02 Å². The summed E-state index contributed by atoms with van der Waals surface area (Å²) in [5.74, 6) is 0.654. The van der Waals surface area contributed by atoms with Crippen LogP contribution in [0, 0.1) is 5.92 Å². The van der Waals surface area contributed by atoms with Gasteiger partial charge in [-0.15, -0.1) is 0 Å². The lowest BCUT2D eigenvalue weighted by atomic mass is 9.92. The Balaban J connectivity index is 1.99. The number of amides is 1. The number of carbonyl (C=O) groups is 1. The molecular formula is C17H25ClN2O3. The van der Waals surface area contributed by atoms with Gasteiger partial charge < -0.3 is 20.1 Å². The number of hydrogen-bond donors (Lipinski definition) is 2. The maximum Gasteiger partial charge on any atom is 0.227 e. The molecule has 0 aromatic heterocycles. The van der Waals surface area contributed by atoms with Gasteiger partial charge in [0.2, 0.25) is 5.91 Å². The lowest BCUT2D eigenvalue weighted by Crippen LogP contribution is -2.40. The highest BCUT2D eigenvalue weighted by Gasteiger charge is 2.25. The third kappa shape index (κ3) is 5.68. The maximum atomic E-state index is 12.5. The first-order chi connectivity index (χ1) is 11.1. The molecule has 0 aliphatic carbocycles. The molecule has 0 radical (unpaired) electrons. The molecule has 1 saturated heterocycles. The smallest absolute Gasteiger partial charge is 0.227 e. The van der Waals surface area contributed by atoms with Crippen LogP contribution in [0.5, 0.6) is 5.75 Å². The van der Waals surface area contributed by atoms with E-state index in [9.17, 15) is 4.79 Å². The van der Waals surface area contributed by atoms with Gasteiger partial charge in [-0.2, -0.15) is 0 Å². The van der Waals surface area contributed by atoms with E-state index in [0.29, 0.717) is 42.3 Å². The van der Waals surface area contributed by atoms with Crippen molar-refractivity contribution in [3.8, 4) is 5.75 Å². The molecule has 128 valence electrons. The van der Waals surface area contributed by atoms with E-state index in [4.69, 9.17) is 21.1 Å². The second-order valence-electron chi connectivity index (χ2n) is 5.75. The zero-order valence-electron chi connectivity index (χ0n) is 13.7. The van der Waals surface area contributed by atoms with Crippen molar-refractivity contribution in [2.75, 3.05) is 31.7 Å². The van der Waals surface area contributed by atoms with Crippen LogP contribution < -0.4 is 15.4 Å². The minimum Gasteiger partial charge on any atom is -0.489 e. The zero-order chi connectivity index (χ0) is 16.7. The first kappa shape index (κ1) is 18.0. The van der Waals surface area contributed by atoms with Crippen molar-refractivity contribution < 1.29 is 14.3 Å². The number of ether oxygens (including phenoxy) is 2. The van der Waals surface area contributed by atoms with Gasteiger partial charge in [0.1, 0.15) is 12.4 Å². The molecule has 1 aromatic carbocycles. The molecule has 23 heavy (non-hydrogen) atoms. The number of nitrogens with one attached hydrogen (secondary N) is 2. The Kier molecular flexibility index (Phi) is 7.15. The van der Waals surface area contributed by atoms with Gasteiger partial charge in [-0.05, 0) is 51.4 Å². The summed E-state index contributed by atoms with van der Waals surface area (Å²) in [4.78, 5) is 12.5. The standard InChI is InChI=1S/C17H25ClN2O3/c1-3-22-8-9-23-16-5-4-14(18)11-15(16)20-17(21)13-6-7-19-12(2)10-13/h4-5,11-13,19H,3,6-10H2,1-2H3,(H,20,21)/t12-,13-/m0/s1. The molecule has 2 atom stereocenters. The van der Waals surface area contributed by atoms with Crippen LogP contribution in [0.15, 0.2) is 18.2 Å². The van der Waals surface area contributed by atoms with Gasteiger partial charge in [0.15, 0.2) is 0 Å². The molecule has 1 fully saturated rings. The Morgan fingerprint density at radius 3 is 3.00 bits per heavy atom. The van der Waals surface area contributed by atoms with E-state index in [-0.39, 0.29) is 11.8 Å². The second-order valence-corrected chi connectivity index (χ2v) is 6.19. The van der Waals surface area contributed by atoms with Crippen LogP contribution >= 0.6 is 11.6 Å². The Morgan fingerprint density at radius 2 is 2.26 bits per heavy atom. The van der Waals surface area contributed by atoms with Crippen LogP contribution in [0.25, 0.3) is 0 Å². The molecule has 1 aliphatic heterocycles. The van der Waals surface area contributed by atoms with Crippen LogP contribution in [0.3, 0.4) is 0 Å². The average molecular weight is 341 g/mol. The number of hydrogen-bond acceptors (Lipinski definition) is 4. The highest BCUT2D eigenvalue weighted by molar-refractivity contribution is 6.31. The molecule has 2 N–H and O–H groups in total. The van der Waals surface area contributed by atoms with Crippen molar-refractivity contribution in [1.82, 2.24) is 5.32 Å². The molecule has 1 aromatic rings. The molecule has 2 rings (SSSR count). The van der Waals surface area contributed by atoms with Crippen molar-refractivity contribution in [3.63, 3.8) is 0 Å². The van der Waals surface area contributed by atoms with Gasteiger partial charge >= 0.3 is 0 Å². The predicted molar refractivity (Wildman–Crippen MR) is 92.3 cm³/mol. The quantitative estimate of drug-likeness (QED) is 0.749. The molecule has 5 nitrogen and oxygen atoms in total. The lowest BCUT2D eigenvalue weighted by Gasteiger charge is -2.27. The van der Waals surface area contributed by atoms with Crippen molar-refractivity contribution in [2.24, 2.45) is 5.92 Å². The number of rotatable bonds is 7. The number of halogens is 1. The second kappa shape index (κ2) is 9.11. The van der Waals surface area contributed by atoms with E-state index < -0.39 is 0 Å². The molecule has 1 aliphatic rings. The molecule has 0 spiro atoms. The fourth-order valence-corrected chi connectivity index (χ4v) is 2.86. The van der Waals surface area contributed by atoms with Crippen LogP contribution in [-0.2, 0) is 9.53 Å². The summed E-state index contributed by atoms with van der Waals surface area (Å²) in [5, 5.41) is 6.88. The number of carbonyl (C=O) groups excluding carboxylic acids is 1. The number of benzene rings is 1. The SMILES string of the molecule is CCOCCOc1ccc(Cl)cc1NC(=O)[C@H]1CCN[C@@H](C)C1. The monoisotopic (exact) mass is 340 g/mol. The van der Waals surface area contributed by atoms with Gasteiger partial charge in [0.25, 0.3) is 0 Å². The first-order valence-corrected chi connectivity index (χ1v) is 8.52. The Morgan fingerprint density at radius 1 is 1.43 bits per heavy atom. The summed E-state index contributed by atoms with van der Waals surface area (Å²) in [6.45, 7) is 6.50. The number of anilines is 1. The highest BCUT2D eigenvalue weighted by Crippen LogP contribution is 2.29. The van der Waals surface area contributed by atoms with Crippen LogP contribution in [0.1, 0.15) is 26.7 Å². The van der Waals surface area contributed by atoms with Crippen molar-refractivity contribution in [3.05, 3.63) is 23.2 Å². The molecular weight excluding hydrogens is 316 g/mol.